The van der Waals surface area contributed by atoms with Crippen LogP contribution >= 0.6 is 0 Å². The number of amides is 2. The van der Waals surface area contributed by atoms with Crippen LogP contribution in [0.5, 0.6) is 5.75 Å². The maximum absolute atomic E-state index is 12.5. The summed E-state index contributed by atoms with van der Waals surface area (Å²) in [5, 5.41) is 5.83. The SMILES string of the molecule is COc1ccccc1CCNC(=O)CN1CCCC1C(=O)NCc1ccco1. The van der Waals surface area contributed by atoms with Gasteiger partial charge in [-0.05, 0) is 49.6 Å². The highest BCUT2D eigenvalue weighted by molar-refractivity contribution is 5.84. The molecule has 0 spiro atoms. The Balaban J connectivity index is 1.43. The zero-order valence-corrected chi connectivity index (χ0v) is 16.1. The van der Waals surface area contributed by atoms with Crippen molar-refractivity contribution < 1.29 is 18.7 Å². The average Bonchev–Trinajstić information content (AvgIpc) is 3.38. The van der Waals surface area contributed by atoms with Crippen molar-refractivity contribution in [3.63, 3.8) is 0 Å². The number of hydrogen-bond acceptors (Lipinski definition) is 5. The van der Waals surface area contributed by atoms with E-state index in [0.29, 0.717) is 25.3 Å². The molecule has 0 bridgehead atoms. The molecule has 1 aromatic heterocycles. The first-order valence-electron chi connectivity index (χ1n) is 9.60. The zero-order valence-electron chi connectivity index (χ0n) is 16.1. The fourth-order valence-electron chi connectivity index (χ4n) is 3.50. The van der Waals surface area contributed by atoms with Crippen molar-refractivity contribution >= 4 is 11.8 Å². The number of benzene rings is 1. The molecule has 1 aromatic carbocycles. The van der Waals surface area contributed by atoms with Gasteiger partial charge in [0.25, 0.3) is 0 Å². The highest BCUT2D eigenvalue weighted by Crippen LogP contribution is 2.18. The average molecular weight is 385 g/mol. The van der Waals surface area contributed by atoms with Crippen LogP contribution in [0.3, 0.4) is 0 Å². The van der Waals surface area contributed by atoms with E-state index in [1.165, 1.54) is 0 Å². The van der Waals surface area contributed by atoms with Crippen molar-refractivity contribution in [1.29, 1.82) is 0 Å². The lowest BCUT2D eigenvalue weighted by atomic mass is 10.1. The van der Waals surface area contributed by atoms with E-state index in [0.717, 1.165) is 30.7 Å². The quantitative estimate of drug-likeness (QED) is 0.687. The first kappa shape index (κ1) is 19.9. The van der Waals surface area contributed by atoms with E-state index in [1.807, 2.05) is 35.2 Å². The summed E-state index contributed by atoms with van der Waals surface area (Å²) in [5.74, 6) is 1.41. The van der Waals surface area contributed by atoms with E-state index in [1.54, 1.807) is 19.4 Å². The fourth-order valence-corrected chi connectivity index (χ4v) is 3.50. The van der Waals surface area contributed by atoms with Crippen molar-refractivity contribution in [1.82, 2.24) is 15.5 Å². The van der Waals surface area contributed by atoms with Gasteiger partial charge in [-0.2, -0.15) is 0 Å². The van der Waals surface area contributed by atoms with Crippen LogP contribution in [0.15, 0.2) is 47.1 Å². The van der Waals surface area contributed by atoms with Gasteiger partial charge in [-0.3, -0.25) is 14.5 Å². The standard InChI is InChI=1S/C21H27N3O4/c1-27-19-9-3-2-6-16(19)10-11-22-20(25)15-24-12-4-8-18(24)21(26)23-14-17-7-5-13-28-17/h2-3,5-7,9,13,18H,4,8,10-12,14-15H2,1H3,(H,22,25)(H,23,26). The molecule has 28 heavy (non-hydrogen) atoms. The van der Waals surface area contributed by atoms with Gasteiger partial charge in [-0.25, -0.2) is 0 Å². The molecule has 1 atom stereocenters. The van der Waals surface area contributed by atoms with Crippen LogP contribution in [0, 0.1) is 0 Å². The minimum absolute atomic E-state index is 0.0595. The summed E-state index contributed by atoms with van der Waals surface area (Å²) < 4.78 is 10.6. The number of rotatable bonds is 9. The molecule has 0 radical (unpaired) electrons. The first-order chi connectivity index (χ1) is 13.7. The van der Waals surface area contributed by atoms with Crippen molar-refractivity contribution in [3.05, 3.63) is 54.0 Å². The number of nitrogens with one attached hydrogen (secondary N) is 2. The molecule has 0 aliphatic carbocycles. The Hall–Kier alpha value is -2.80. The molecule has 2 heterocycles. The van der Waals surface area contributed by atoms with E-state index < -0.39 is 0 Å². The molecular formula is C21H27N3O4. The number of methoxy groups -OCH3 is 1. The van der Waals surface area contributed by atoms with E-state index in [4.69, 9.17) is 9.15 Å². The normalized spacial score (nSPS) is 16.7. The molecule has 1 aliphatic rings. The van der Waals surface area contributed by atoms with Gasteiger partial charge in [0.05, 0.1) is 32.5 Å². The molecule has 1 saturated heterocycles. The summed E-state index contributed by atoms with van der Waals surface area (Å²) in [5.41, 5.74) is 1.06. The zero-order chi connectivity index (χ0) is 19.8. The molecule has 1 unspecified atom stereocenters. The summed E-state index contributed by atoms with van der Waals surface area (Å²) in [6.07, 6.45) is 3.95. The Morgan fingerprint density at radius 1 is 1.21 bits per heavy atom. The molecule has 1 fully saturated rings. The van der Waals surface area contributed by atoms with E-state index in [2.05, 4.69) is 10.6 Å². The van der Waals surface area contributed by atoms with E-state index in [-0.39, 0.29) is 24.4 Å². The van der Waals surface area contributed by atoms with Gasteiger partial charge in [0.2, 0.25) is 11.8 Å². The summed E-state index contributed by atoms with van der Waals surface area (Å²) in [7, 11) is 1.64. The van der Waals surface area contributed by atoms with Gasteiger partial charge < -0.3 is 19.8 Å². The van der Waals surface area contributed by atoms with Crippen LogP contribution in [0.4, 0.5) is 0 Å². The lowest BCUT2D eigenvalue weighted by Crippen LogP contribution is -2.47. The second-order valence-corrected chi connectivity index (χ2v) is 6.84. The summed E-state index contributed by atoms with van der Waals surface area (Å²) in [6, 6.07) is 11.1. The van der Waals surface area contributed by atoms with Crippen LogP contribution in [0.25, 0.3) is 0 Å². The van der Waals surface area contributed by atoms with E-state index in [9.17, 15) is 9.59 Å². The molecule has 2 amide bonds. The number of ether oxygens (including phenoxy) is 1. The van der Waals surface area contributed by atoms with Gasteiger partial charge >= 0.3 is 0 Å². The minimum atomic E-state index is -0.269. The van der Waals surface area contributed by atoms with Crippen LogP contribution in [0.1, 0.15) is 24.2 Å². The maximum atomic E-state index is 12.5. The molecule has 150 valence electrons. The first-order valence-corrected chi connectivity index (χ1v) is 9.60. The highest BCUT2D eigenvalue weighted by atomic mass is 16.5. The second-order valence-electron chi connectivity index (χ2n) is 6.84. The second kappa shape index (κ2) is 9.94. The van der Waals surface area contributed by atoms with Gasteiger partial charge in [0.1, 0.15) is 11.5 Å². The molecule has 3 rings (SSSR count). The Bertz CT molecular complexity index is 776. The van der Waals surface area contributed by atoms with Crippen molar-refractivity contribution in [2.75, 3.05) is 26.7 Å². The van der Waals surface area contributed by atoms with Gasteiger partial charge in [-0.15, -0.1) is 0 Å². The Labute approximate surface area is 165 Å². The maximum Gasteiger partial charge on any atom is 0.237 e. The summed E-state index contributed by atoms with van der Waals surface area (Å²) >= 11 is 0. The smallest absolute Gasteiger partial charge is 0.237 e. The number of carbonyl (C=O) groups excluding carboxylic acids is 2. The monoisotopic (exact) mass is 385 g/mol. The van der Waals surface area contributed by atoms with Crippen molar-refractivity contribution in [3.8, 4) is 5.75 Å². The third kappa shape index (κ3) is 5.36. The molecule has 2 aromatic rings. The number of carbonyl (C=O) groups is 2. The summed E-state index contributed by atoms with van der Waals surface area (Å²) in [6.45, 7) is 1.87. The van der Waals surface area contributed by atoms with Crippen LogP contribution < -0.4 is 15.4 Å². The minimum Gasteiger partial charge on any atom is -0.496 e. The number of hydrogen-bond donors (Lipinski definition) is 2. The van der Waals surface area contributed by atoms with Crippen LogP contribution in [-0.4, -0.2) is 49.5 Å². The predicted molar refractivity (Wildman–Crippen MR) is 105 cm³/mol. The third-order valence-electron chi connectivity index (χ3n) is 4.94. The molecule has 2 N–H and O–H groups in total. The Morgan fingerprint density at radius 2 is 2.07 bits per heavy atom. The van der Waals surface area contributed by atoms with E-state index >= 15 is 0 Å². The third-order valence-corrected chi connectivity index (χ3v) is 4.94. The topological polar surface area (TPSA) is 83.8 Å². The molecule has 7 nitrogen and oxygen atoms in total. The van der Waals surface area contributed by atoms with Crippen molar-refractivity contribution in [2.45, 2.75) is 31.8 Å². The number of nitrogens with zero attached hydrogens (tertiary/aromatic N) is 1. The molecular weight excluding hydrogens is 358 g/mol. The van der Waals surface area contributed by atoms with Gasteiger partial charge in [0, 0.05) is 6.54 Å². The van der Waals surface area contributed by atoms with Gasteiger partial charge in [0.15, 0.2) is 0 Å². The fraction of sp³-hybridized carbons (Fsp3) is 0.429. The van der Waals surface area contributed by atoms with Crippen LogP contribution in [-0.2, 0) is 22.6 Å². The molecule has 0 saturated carbocycles. The Morgan fingerprint density at radius 3 is 2.86 bits per heavy atom. The predicted octanol–water partition coefficient (Wildman–Crippen LogP) is 1.73. The number of likely N-dealkylation sites (tertiary alicyclic amines) is 1. The number of para-hydroxylation sites is 1. The lowest BCUT2D eigenvalue weighted by Gasteiger charge is -2.23. The molecule has 1 aliphatic heterocycles. The molecule has 7 heteroatoms. The van der Waals surface area contributed by atoms with Gasteiger partial charge in [-0.1, -0.05) is 18.2 Å². The van der Waals surface area contributed by atoms with Crippen LogP contribution in [0.2, 0.25) is 0 Å². The highest BCUT2D eigenvalue weighted by Gasteiger charge is 2.31. The number of furan rings is 1. The summed E-state index contributed by atoms with van der Waals surface area (Å²) in [4.78, 5) is 26.7. The lowest BCUT2D eigenvalue weighted by molar-refractivity contribution is -0.127. The largest absolute Gasteiger partial charge is 0.496 e. The Kier molecular flexibility index (Phi) is 7.08. The van der Waals surface area contributed by atoms with Crippen molar-refractivity contribution in [2.24, 2.45) is 0 Å².